The van der Waals surface area contributed by atoms with E-state index in [-0.39, 0.29) is 0 Å². The van der Waals surface area contributed by atoms with Gasteiger partial charge in [-0.2, -0.15) is 0 Å². The average molecular weight is 198 g/mol. The Labute approximate surface area is 88.8 Å². The molecule has 0 amide bonds. The average Bonchev–Trinajstić information content (AvgIpc) is 2.33. The topological polar surface area (TPSA) is 29.3 Å². The van der Waals surface area contributed by atoms with Crippen LogP contribution in [-0.4, -0.2) is 30.1 Å². The van der Waals surface area contributed by atoms with E-state index >= 15 is 0 Å². The van der Waals surface area contributed by atoms with Crippen LogP contribution in [0.15, 0.2) is 0 Å². The fraction of sp³-hybridized carbons (Fsp3) is 1.00. The first-order valence-electron chi connectivity index (χ1n) is 6.23. The molecule has 2 nitrogen and oxygen atoms in total. The van der Waals surface area contributed by atoms with Gasteiger partial charge in [0.2, 0.25) is 0 Å². The van der Waals surface area contributed by atoms with Gasteiger partial charge in [-0.25, -0.2) is 0 Å². The highest BCUT2D eigenvalue weighted by Gasteiger charge is 2.18. The summed E-state index contributed by atoms with van der Waals surface area (Å²) >= 11 is 0. The smallest absolute Gasteiger partial charge is 0.0167 e. The molecule has 2 atom stereocenters. The van der Waals surface area contributed by atoms with E-state index in [1.54, 1.807) is 0 Å². The van der Waals surface area contributed by atoms with E-state index in [2.05, 4.69) is 18.7 Å². The molecule has 0 saturated carbocycles. The molecule has 1 aliphatic rings. The van der Waals surface area contributed by atoms with Crippen molar-refractivity contribution in [2.24, 2.45) is 5.73 Å². The Balaban J connectivity index is 2.32. The Hall–Kier alpha value is -0.0800. The molecule has 0 bridgehead atoms. The van der Waals surface area contributed by atoms with E-state index in [0.717, 1.165) is 12.6 Å². The fourth-order valence-corrected chi connectivity index (χ4v) is 2.37. The minimum Gasteiger partial charge on any atom is -0.327 e. The zero-order valence-corrected chi connectivity index (χ0v) is 9.84. The van der Waals surface area contributed by atoms with E-state index < -0.39 is 0 Å². The third-order valence-electron chi connectivity index (χ3n) is 3.32. The Morgan fingerprint density at radius 1 is 1.36 bits per heavy atom. The van der Waals surface area contributed by atoms with Gasteiger partial charge >= 0.3 is 0 Å². The summed E-state index contributed by atoms with van der Waals surface area (Å²) in [6.07, 6.45) is 7.92. The quantitative estimate of drug-likeness (QED) is 0.751. The molecule has 0 aromatic carbocycles. The van der Waals surface area contributed by atoms with Crippen LogP contribution in [0.2, 0.25) is 0 Å². The number of likely N-dealkylation sites (tertiary alicyclic amines) is 1. The van der Waals surface area contributed by atoms with Crippen molar-refractivity contribution in [1.29, 1.82) is 0 Å². The predicted octanol–water partition coefficient (Wildman–Crippen LogP) is 2.38. The van der Waals surface area contributed by atoms with E-state index in [4.69, 9.17) is 5.73 Å². The molecule has 2 unspecified atom stereocenters. The predicted molar refractivity (Wildman–Crippen MR) is 62.4 cm³/mol. The lowest BCUT2D eigenvalue weighted by Crippen LogP contribution is -2.42. The molecule has 2 N–H and O–H groups in total. The van der Waals surface area contributed by atoms with Gasteiger partial charge in [-0.15, -0.1) is 0 Å². The number of nitrogens with zero attached hydrogens (tertiary/aromatic N) is 1. The molecule has 2 heteroatoms. The van der Waals surface area contributed by atoms with E-state index in [0.29, 0.717) is 6.04 Å². The summed E-state index contributed by atoms with van der Waals surface area (Å²) in [5, 5.41) is 0. The number of nitrogens with two attached hydrogens (primary N) is 1. The van der Waals surface area contributed by atoms with Crippen molar-refractivity contribution in [3.05, 3.63) is 0 Å². The number of hydrogen-bond acceptors (Lipinski definition) is 2. The maximum atomic E-state index is 6.09. The van der Waals surface area contributed by atoms with Crippen molar-refractivity contribution in [2.45, 2.75) is 64.5 Å². The summed E-state index contributed by atoms with van der Waals surface area (Å²) in [6, 6.07) is 1.14. The third-order valence-corrected chi connectivity index (χ3v) is 3.32. The first-order valence-corrected chi connectivity index (χ1v) is 6.23. The molecule has 1 aliphatic heterocycles. The van der Waals surface area contributed by atoms with Crippen LogP contribution in [0.25, 0.3) is 0 Å². The summed E-state index contributed by atoms with van der Waals surface area (Å²) in [6.45, 7) is 6.93. The van der Waals surface area contributed by atoms with Gasteiger partial charge in [0.25, 0.3) is 0 Å². The van der Waals surface area contributed by atoms with Gasteiger partial charge in [-0.1, -0.05) is 26.2 Å². The zero-order valence-electron chi connectivity index (χ0n) is 9.84. The van der Waals surface area contributed by atoms with Crippen molar-refractivity contribution in [3.63, 3.8) is 0 Å². The monoisotopic (exact) mass is 198 g/mol. The minimum absolute atomic E-state index is 0.389. The molecule has 0 aromatic rings. The van der Waals surface area contributed by atoms with Gasteiger partial charge in [0.05, 0.1) is 0 Å². The van der Waals surface area contributed by atoms with Crippen LogP contribution >= 0.6 is 0 Å². The van der Waals surface area contributed by atoms with Gasteiger partial charge in [0.1, 0.15) is 0 Å². The molecule has 1 heterocycles. The summed E-state index contributed by atoms with van der Waals surface area (Å²) < 4.78 is 0. The van der Waals surface area contributed by atoms with Crippen LogP contribution in [0, 0.1) is 0 Å². The van der Waals surface area contributed by atoms with E-state index in [1.807, 2.05) is 0 Å². The van der Waals surface area contributed by atoms with Gasteiger partial charge in [-0.05, 0) is 32.7 Å². The second-order valence-corrected chi connectivity index (χ2v) is 4.74. The maximum Gasteiger partial charge on any atom is 0.0167 e. The van der Waals surface area contributed by atoms with Crippen molar-refractivity contribution in [3.8, 4) is 0 Å². The lowest BCUT2D eigenvalue weighted by atomic mass is 10.1. The number of hydrogen-bond donors (Lipinski definition) is 1. The summed E-state index contributed by atoms with van der Waals surface area (Å²) in [7, 11) is 0. The number of rotatable bonds is 4. The second-order valence-electron chi connectivity index (χ2n) is 4.74. The zero-order chi connectivity index (χ0) is 10.4. The first-order chi connectivity index (χ1) is 6.74. The molecule has 0 aliphatic carbocycles. The Kier molecular flexibility index (Phi) is 5.49. The van der Waals surface area contributed by atoms with Crippen LogP contribution in [-0.2, 0) is 0 Å². The van der Waals surface area contributed by atoms with Crippen LogP contribution in [0.1, 0.15) is 52.4 Å². The van der Waals surface area contributed by atoms with E-state index in [9.17, 15) is 0 Å². The van der Waals surface area contributed by atoms with Crippen LogP contribution < -0.4 is 5.73 Å². The summed E-state index contributed by atoms with van der Waals surface area (Å²) in [4.78, 5) is 2.59. The first kappa shape index (κ1) is 12.0. The molecule has 1 fully saturated rings. The summed E-state index contributed by atoms with van der Waals surface area (Å²) in [5.74, 6) is 0. The Bertz CT molecular complexity index is 147. The molecule has 0 spiro atoms. The van der Waals surface area contributed by atoms with Crippen molar-refractivity contribution in [1.82, 2.24) is 4.90 Å². The standard InChI is InChI=1S/C12H26N2/c1-3-7-12(13)10-14-9-6-4-5-8-11(14)2/h11-12H,3-10,13H2,1-2H3. The molecule has 1 rings (SSSR count). The van der Waals surface area contributed by atoms with Gasteiger partial charge in [0.15, 0.2) is 0 Å². The van der Waals surface area contributed by atoms with Crippen LogP contribution in [0.3, 0.4) is 0 Å². The van der Waals surface area contributed by atoms with Gasteiger partial charge in [0, 0.05) is 18.6 Å². The highest BCUT2D eigenvalue weighted by atomic mass is 15.2. The molecular weight excluding hydrogens is 172 g/mol. The minimum atomic E-state index is 0.389. The van der Waals surface area contributed by atoms with Crippen LogP contribution in [0.5, 0.6) is 0 Å². The van der Waals surface area contributed by atoms with Crippen molar-refractivity contribution in [2.75, 3.05) is 13.1 Å². The lowest BCUT2D eigenvalue weighted by molar-refractivity contribution is 0.198. The Morgan fingerprint density at radius 2 is 2.14 bits per heavy atom. The van der Waals surface area contributed by atoms with Gasteiger partial charge < -0.3 is 5.73 Å². The molecular formula is C12H26N2. The van der Waals surface area contributed by atoms with Crippen molar-refractivity contribution < 1.29 is 0 Å². The summed E-state index contributed by atoms with van der Waals surface area (Å²) in [5.41, 5.74) is 6.09. The molecule has 84 valence electrons. The normalized spacial score (nSPS) is 27.2. The SMILES string of the molecule is CCCC(N)CN1CCCCCC1C. The fourth-order valence-electron chi connectivity index (χ4n) is 2.37. The largest absolute Gasteiger partial charge is 0.327 e. The van der Waals surface area contributed by atoms with Gasteiger partial charge in [-0.3, -0.25) is 4.90 Å². The third kappa shape index (κ3) is 3.97. The lowest BCUT2D eigenvalue weighted by Gasteiger charge is -2.29. The highest BCUT2D eigenvalue weighted by Crippen LogP contribution is 2.16. The highest BCUT2D eigenvalue weighted by molar-refractivity contribution is 4.75. The second kappa shape index (κ2) is 6.41. The molecule has 0 radical (unpaired) electrons. The molecule has 1 saturated heterocycles. The molecule has 0 aromatic heterocycles. The van der Waals surface area contributed by atoms with E-state index in [1.165, 1.54) is 45.1 Å². The van der Waals surface area contributed by atoms with Crippen molar-refractivity contribution >= 4 is 0 Å². The van der Waals surface area contributed by atoms with Crippen LogP contribution in [0.4, 0.5) is 0 Å². The Morgan fingerprint density at radius 3 is 2.86 bits per heavy atom. The molecule has 14 heavy (non-hydrogen) atoms. The maximum absolute atomic E-state index is 6.09.